The maximum atomic E-state index is 12.4. The molecule has 0 saturated heterocycles. The molecular weight excluding hydrogens is 316 g/mol. The number of benzene rings is 2. The van der Waals surface area contributed by atoms with Gasteiger partial charge in [0.2, 0.25) is 0 Å². The molecule has 0 radical (unpaired) electrons. The summed E-state index contributed by atoms with van der Waals surface area (Å²) in [6.07, 6.45) is 0. The van der Waals surface area contributed by atoms with E-state index >= 15 is 0 Å². The Bertz CT molecular complexity index is 802. The predicted molar refractivity (Wildman–Crippen MR) is 89.4 cm³/mol. The van der Waals surface area contributed by atoms with Crippen LogP contribution < -0.4 is 10.0 Å². The summed E-state index contributed by atoms with van der Waals surface area (Å²) in [7, 11) is -3.86. The van der Waals surface area contributed by atoms with Crippen molar-refractivity contribution in [1.82, 2.24) is 0 Å². The van der Waals surface area contributed by atoms with Gasteiger partial charge in [0.15, 0.2) is 0 Å². The van der Waals surface area contributed by atoms with Crippen molar-refractivity contribution in [2.24, 2.45) is 0 Å². The van der Waals surface area contributed by atoms with Crippen LogP contribution in [0.5, 0.6) is 0 Å². The second-order valence-corrected chi connectivity index (χ2v) is 6.97. The summed E-state index contributed by atoms with van der Waals surface area (Å²) in [4.78, 5) is 11.3. The fourth-order valence-corrected chi connectivity index (χ4v) is 3.11. The summed E-state index contributed by atoms with van der Waals surface area (Å²) in [6.45, 7) is 3.74. The minimum atomic E-state index is -3.86. The molecule has 0 fully saturated rings. The van der Waals surface area contributed by atoms with Gasteiger partial charge in [0.05, 0.1) is 10.5 Å². The van der Waals surface area contributed by atoms with E-state index in [1.165, 1.54) is 12.1 Å². The summed E-state index contributed by atoms with van der Waals surface area (Å²) >= 11 is 0. The molecule has 0 unspecified atom stereocenters. The van der Waals surface area contributed by atoms with Gasteiger partial charge in [0.25, 0.3) is 10.0 Å². The molecule has 2 rings (SSSR count). The minimum absolute atomic E-state index is 0.0259. The molecule has 0 heterocycles. The van der Waals surface area contributed by atoms with Crippen LogP contribution in [0.3, 0.4) is 0 Å². The fourth-order valence-electron chi connectivity index (χ4n) is 2.02. The van der Waals surface area contributed by atoms with Crippen molar-refractivity contribution >= 4 is 27.4 Å². The van der Waals surface area contributed by atoms with Gasteiger partial charge in [-0.1, -0.05) is 18.2 Å². The van der Waals surface area contributed by atoms with Gasteiger partial charge in [-0.15, -0.1) is 0 Å². The maximum absolute atomic E-state index is 12.4. The van der Waals surface area contributed by atoms with E-state index in [0.717, 1.165) is 6.07 Å². The zero-order valence-corrected chi connectivity index (χ0v) is 13.6. The Hall–Kier alpha value is -2.54. The lowest BCUT2D eigenvalue weighted by atomic mass is 10.1. The van der Waals surface area contributed by atoms with Gasteiger partial charge in [0, 0.05) is 17.4 Å². The molecule has 6 nitrogen and oxygen atoms in total. The van der Waals surface area contributed by atoms with E-state index in [2.05, 4.69) is 10.0 Å². The standard InChI is InChI=1S/C16H18N2O4S/c1-11(2)17-15-9-8-13(10-14(15)16(19)20)23(21,22)18-12-6-4-3-5-7-12/h3-11,17-18H,1-2H3,(H,19,20). The lowest BCUT2D eigenvalue weighted by Gasteiger charge is -2.14. The molecule has 0 aliphatic heterocycles. The third-order valence-electron chi connectivity index (χ3n) is 3.00. The predicted octanol–water partition coefficient (Wildman–Crippen LogP) is 3.01. The number of aromatic carboxylic acids is 1. The summed E-state index contributed by atoms with van der Waals surface area (Å²) in [6, 6.07) is 12.4. The van der Waals surface area contributed by atoms with Crippen molar-refractivity contribution in [2.75, 3.05) is 10.0 Å². The highest BCUT2D eigenvalue weighted by Crippen LogP contribution is 2.23. The molecule has 2 aromatic rings. The molecule has 0 atom stereocenters. The quantitative estimate of drug-likeness (QED) is 0.755. The molecule has 0 aromatic heterocycles. The van der Waals surface area contributed by atoms with Gasteiger partial charge in [-0.3, -0.25) is 4.72 Å². The highest BCUT2D eigenvalue weighted by molar-refractivity contribution is 7.92. The Morgan fingerprint density at radius 3 is 2.30 bits per heavy atom. The number of anilines is 2. The first kappa shape index (κ1) is 16.8. The Labute approximate surface area is 135 Å². The van der Waals surface area contributed by atoms with Gasteiger partial charge >= 0.3 is 5.97 Å². The largest absolute Gasteiger partial charge is 0.478 e. The van der Waals surface area contributed by atoms with Gasteiger partial charge in [0.1, 0.15) is 0 Å². The monoisotopic (exact) mass is 334 g/mol. The molecular formula is C16H18N2O4S. The summed E-state index contributed by atoms with van der Waals surface area (Å²) in [5.74, 6) is -1.19. The number of hydrogen-bond donors (Lipinski definition) is 3. The van der Waals surface area contributed by atoms with Crippen LogP contribution in [0, 0.1) is 0 Å². The van der Waals surface area contributed by atoms with Crippen LogP contribution >= 0.6 is 0 Å². The molecule has 0 saturated carbocycles. The van der Waals surface area contributed by atoms with E-state index in [1.807, 2.05) is 13.8 Å². The first-order valence-electron chi connectivity index (χ1n) is 7.01. The Balaban J connectivity index is 2.39. The third-order valence-corrected chi connectivity index (χ3v) is 4.38. The van der Waals surface area contributed by atoms with Crippen molar-refractivity contribution < 1.29 is 18.3 Å². The SMILES string of the molecule is CC(C)Nc1ccc(S(=O)(=O)Nc2ccccc2)cc1C(=O)O. The molecule has 0 spiro atoms. The van der Waals surface area contributed by atoms with E-state index < -0.39 is 16.0 Å². The molecule has 0 aliphatic rings. The topological polar surface area (TPSA) is 95.5 Å². The second-order valence-electron chi connectivity index (χ2n) is 5.28. The van der Waals surface area contributed by atoms with Gasteiger partial charge in [-0.05, 0) is 44.2 Å². The van der Waals surface area contributed by atoms with Crippen molar-refractivity contribution in [3.05, 3.63) is 54.1 Å². The highest BCUT2D eigenvalue weighted by Gasteiger charge is 2.19. The van der Waals surface area contributed by atoms with Crippen LogP contribution in [0.4, 0.5) is 11.4 Å². The van der Waals surface area contributed by atoms with E-state index in [0.29, 0.717) is 11.4 Å². The van der Waals surface area contributed by atoms with Crippen molar-refractivity contribution in [1.29, 1.82) is 0 Å². The minimum Gasteiger partial charge on any atom is -0.478 e. The number of para-hydroxylation sites is 1. The molecule has 0 bridgehead atoms. The lowest BCUT2D eigenvalue weighted by molar-refractivity contribution is 0.0697. The number of nitrogens with one attached hydrogen (secondary N) is 2. The van der Waals surface area contributed by atoms with Crippen LogP contribution in [-0.2, 0) is 10.0 Å². The summed E-state index contributed by atoms with van der Waals surface area (Å²) in [5, 5.41) is 12.3. The molecule has 23 heavy (non-hydrogen) atoms. The average molecular weight is 334 g/mol. The highest BCUT2D eigenvalue weighted by atomic mass is 32.2. The van der Waals surface area contributed by atoms with E-state index in [-0.39, 0.29) is 16.5 Å². The third kappa shape index (κ3) is 4.23. The van der Waals surface area contributed by atoms with Gasteiger partial charge in [-0.2, -0.15) is 0 Å². The Morgan fingerprint density at radius 2 is 1.74 bits per heavy atom. The molecule has 0 aliphatic carbocycles. The zero-order chi connectivity index (χ0) is 17.0. The maximum Gasteiger partial charge on any atom is 0.337 e. The molecule has 2 aromatic carbocycles. The van der Waals surface area contributed by atoms with Crippen LogP contribution in [0.2, 0.25) is 0 Å². The molecule has 122 valence electrons. The Morgan fingerprint density at radius 1 is 1.09 bits per heavy atom. The van der Waals surface area contributed by atoms with Crippen molar-refractivity contribution in [2.45, 2.75) is 24.8 Å². The zero-order valence-electron chi connectivity index (χ0n) is 12.8. The first-order chi connectivity index (χ1) is 10.8. The normalized spacial score (nSPS) is 11.3. The van der Waals surface area contributed by atoms with Gasteiger partial charge in [-0.25, -0.2) is 13.2 Å². The van der Waals surface area contributed by atoms with Crippen LogP contribution in [0.1, 0.15) is 24.2 Å². The van der Waals surface area contributed by atoms with E-state index in [1.54, 1.807) is 30.3 Å². The van der Waals surface area contributed by atoms with E-state index in [9.17, 15) is 18.3 Å². The lowest BCUT2D eigenvalue weighted by Crippen LogP contribution is -2.16. The number of carbonyl (C=O) groups is 1. The van der Waals surface area contributed by atoms with Crippen LogP contribution in [0.15, 0.2) is 53.4 Å². The number of carboxylic acids is 1. The summed E-state index contributed by atoms with van der Waals surface area (Å²) in [5.41, 5.74) is 0.703. The number of sulfonamides is 1. The smallest absolute Gasteiger partial charge is 0.337 e. The van der Waals surface area contributed by atoms with Crippen molar-refractivity contribution in [3.8, 4) is 0 Å². The Kier molecular flexibility index (Phi) is 4.90. The van der Waals surface area contributed by atoms with Gasteiger partial charge < -0.3 is 10.4 Å². The number of carboxylic acid groups (broad SMARTS) is 1. The van der Waals surface area contributed by atoms with E-state index in [4.69, 9.17) is 0 Å². The van der Waals surface area contributed by atoms with Crippen LogP contribution in [0.25, 0.3) is 0 Å². The summed E-state index contributed by atoms with van der Waals surface area (Å²) < 4.78 is 27.2. The second kappa shape index (κ2) is 6.70. The van der Waals surface area contributed by atoms with Crippen molar-refractivity contribution in [3.63, 3.8) is 0 Å². The molecule has 0 amide bonds. The molecule has 3 N–H and O–H groups in total. The first-order valence-corrected chi connectivity index (χ1v) is 8.49. The fraction of sp³-hybridized carbons (Fsp3) is 0.188. The molecule has 7 heteroatoms. The average Bonchev–Trinajstić information content (AvgIpc) is 2.47. The number of rotatable bonds is 6. The van der Waals surface area contributed by atoms with Crippen LogP contribution in [-0.4, -0.2) is 25.5 Å². The number of hydrogen-bond acceptors (Lipinski definition) is 4.